The van der Waals surface area contributed by atoms with Crippen LogP contribution in [0.25, 0.3) is 44.2 Å². The molecule has 0 saturated carbocycles. The largest absolute Gasteiger partial charge is 0.311 e. The third-order valence-corrected chi connectivity index (χ3v) is 7.67. The maximum Gasteiger partial charge on any atom is 0.0462 e. The minimum absolute atomic E-state index is 1.12. The molecule has 194 valence electrons. The highest BCUT2D eigenvalue weighted by atomic mass is 15.1. The third kappa shape index (κ3) is 5.14. The van der Waals surface area contributed by atoms with Crippen molar-refractivity contribution < 1.29 is 0 Å². The number of hydrogen-bond donors (Lipinski definition) is 0. The Morgan fingerprint density at radius 2 is 0.610 bits per heavy atom. The molecule has 0 amide bonds. The van der Waals surface area contributed by atoms with Crippen LogP contribution in [0.1, 0.15) is 0 Å². The van der Waals surface area contributed by atoms with Crippen molar-refractivity contribution in [3.63, 3.8) is 0 Å². The molecule has 7 aromatic carbocycles. The van der Waals surface area contributed by atoms with Gasteiger partial charge in [-0.3, -0.25) is 0 Å². The van der Waals surface area contributed by atoms with Crippen molar-refractivity contribution in [3.8, 4) is 33.4 Å². The van der Waals surface area contributed by atoms with Crippen molar-refractivity contribution in [1.82, 2.24) is 0 Å². The Morgan fingerprint density at radius 1 is 0.244 bits per heavy atom. The van der Waals surface area contributed by atoms with Gasteiger partial charge in [0.25, 0.3) is 0 Å². The van der Waals surface area contributed by atoms with Gasteiger partial charge in [-0.1, -0.05) is 133 Å². The smallest absolute Gasteiger partial charge is 0.0462 e. The van der Waals surface area contributed by atoms with Gasteiger partial charge in [0.1, 0.15) is 0 Å². The van der Waals surface area contributed by atoms with Gasteiger partial charge in [-0.2, -0.15) is 0 Å². The summed E-state index contributed by atoms with van der Waals surface area (Å²) >= 11 is 0. The molecule has 0 aromatic heterocycles. The van der Waals surface area contributed by atoms with Crippen LogP contribution in [0.4, 0.5) is 17.1 Å². The van der Waals surface area contributed by atoms with E-state index in [1.807, 2.05) is 0 Å². The summed E-state index contributed by atoms with van der Waals surface area (Å²) in [6.45, 7) is 0. The summed E-state index contributed by atoms with van der Waals surface area (Å²) in [5.41, 5.74) is 10.7. The summed E-state index contributed by atoms with van der Waals surface area (Å²) in [7, 11) is 0. The average molecular weight is 524 g/mol. The zero-order chi connectivity index (χ0) is 27.4. The van der Waals surface area contributed by atoms with Crippen LogP contribution in [0.5, 0.6) is 0 Å². The lowest BCUT2D eigenvalue weighted by Crippen LogP contribution is -2.09. The van der Waals surface area contributed by atoms with E-state index in [4.69, 9.17) is 0 Å². The van der Waals surface area contributed by atoms with E-state index in [1.165, 1.54) is 44.2 Å². The van der Waals surface area contributed by atoms with E-state index >= 15 is 0 Å². The quantitative estimate of drug-likeness (QED) is 0.209. The Morgan fingerprint density at radius 3 is 1.17 bits per heavy atom. The first kappa shape index (κ1) is 24.6. The predicted octanol–water partition coefficient (Wildman–Crippen LogP) is 11.3. The topological polar surface area (TPSA) is 3.24 Å². The first-order valence-corrected chi connectivity index (χ1v) is 14.0. The lowest BCUT2D eigenvalue weighted by molar-refractivity contribution is 1.28. The monoisotopic (exact) mass is 523 g/mol. The van der Waals surface area contributed by atoms with Crippen LogP contribution in [0.3, 0.4) is 0 Å². The molecule has 0 bridgehead atoms. The molecular weight excluding hydrogens is 494 g/mol. The van der Waals surface area contributed by atoms with E-state index in [0.29, 0.717) is 0 Å². The van der Waals surface area contributed by atoms with Crippen molar-refractivity contribution in [1.29, 1.82) is 0 Å². The van der Waals surface area contributed by atoms with Gasteiger partial charge >= 0.3 is 0 Å². The van der Waals surface area contributed by atoms with Gasteiger partial charge in [0, 0.05) is 17.1 Å². The number of benzene rings is 7. The van der Waals surface area contributed by atoms with Crippen molar-refractivity contribution in [2.45, 2.75) is 0 Å². The van der Waals surface area contributed by atoms with E-state index in [2.05, 4.69) is 181 Å². The van der Waals surface area contributed by atoms with Crippen molar-refractivity contribution in [2.75, 3.05) is 4.90 Å². The summed E-state index contributed by atoms with van der Waals surface area (Å²) in [4.78, 5) is 2.31. The molecule has 1 nitrogen and oxygen atoms in total. The Balaban J connectivity index is 1.19. The Bertz CT molecular complexity index is 1890. The van der Waals surface area contributed by atoms with Crippen LogP contribution in [0.15, 0.2) is 176 Å². The van der Waals surface area contributed by atoms with Crippen molar-refractivity contribution in [2.24, 2.45) is 0 Å². The van der Waals surface area contributed by atoms with Crippen molar-refractivity contribution >= 4 is 27.8 Å². The van der Waals surface area contributed by atoms with Gasteiger partial charge < -0.3 is 4.90 Å². The number of fused-ring (bicyclic) bond motifs is 1. The van der Waals surface area contributed by atoms with Crippen LogP contribution < -0.4 is 4.90 Å². The summed E-state index contributed by atoms with van der Waals surface area (Å²) in [6, 6.07) is 62.8. The molecule has 0 aliphatic heterocycles. The zero-order valence-corrected chi connectivity index (χ0v) is 22.7. The minimum Gasteiger partial charge on any atom is -0.311 e. The highest BCUT2D eigenvalue weighted by Crippen LogP contribution is 2.37. The summed E-state index contributed by atoms with van der Waals surface area (Å²) in [5, 5.41) is 2.52. The molecule has 0 aliphatic carbocycles. The highest BCUT2D eigenvalue weighted by molar-refractivity contribution is 5.88. The van der Waals surface area contributed by atoms with Gasteiger partial charge in [-0.25, -0.2) is 0 Å². The van der Waals surface area contributed by atoms with E-state index in [9.17, 15) is 0 Å². The second-order valence-electron chi connectivity index (χ2n) is 10.3. The number of nitrogens with zero attached hydrogens (tertiary/aromatic N) is 1. The zero-order valence-electron chi connectivity index (χ0n) is 22.7. The standard InChI is InChI=1S/C40H29N/c1-3-9-30(10-4-1)32-15-17-33(18-16-32)34-21-25-39(26-22-34)41(38-13-5-2-6-14-38)40-27-23-35(24-28-40)37-20-19-31-11-7-8-12-36(31)29-37/h1-29H. The first-order valence-electron chi connectivity index (χ1n) is 14.0. The van der Waals surface area contributed by atoms with E-state index in [0.717, 1.165) is 17.1 Å². The fourth-order valence-corrected chi connectivity index (χ4v) is 5.48. The maximum atomic E-state index is 2.31. The minimum atomic E-state index is 1.12. The molecule has 1 heteroatoms. The lowest BCUT2D eigenvalue weighted by Gasteiger charge is -2.26. The lowest BCUT2D eigenvalue weighted by atomic mass is 10.00. The summed E-state index contributed by atoms with van der Waals surface area (Å²) in [5.74, 6) is 0. The number of hydrogen-bond acceptors (Lipinski definition) is 1. The number of rotatable bonds is 6. The molecule has 0 N–H and O–H groups in total. The molecule has 0 aliphatic rings. The molecule has 0 unspecified atom stereocenters. The highest BCUT2D eigenvalue weighted by Gasteiger charge is 2.13. The molecule has 7 rings (SSSR count). The average Bonchev–Trinajstić information content (AvgIpc) is 3.06. The van der Waals surface area contributed by atoms with E-state index < -0.39 is 0 Å². The van der Waals surface area contributed by atoms with Crippen LogP contribution in [-0.2, 0) is 0 Å². The molecular formula is C40H29N. The maximum absolute atomic E-state index is 2.31. The van der Waals surface area contributed by atoms with Crippen LogP contribution in [-0.4, -0.2) is 0 Å². The summed E-state index contributed by atoms with van der Waals surface area (Å²) in [6.07, 6.45) is 0. The molecule has 7 aromatic rings. The van der Waals surface area contributed by atoms with E-state index in [1.54, 1.807) is 0 Å². The molecule has 0 heterocycles. The fourth-order valence-electron chi connectivity index (χ4n) is 5.48. The van der Waals surface area contributed by atoms with Crippen LogP contribution in [0.2, 0.25) is 0 Å². The van der Waals surface area contributed by atoms with Gasteiger partial charge in [-0.15, -0.1) is 0 Å². The second-order valence-corrected chi connectivity index (χ2v) is 10.3. The number of para-hydroxylation sites is 1. The Hall–Kier alpha value is -5.40. The van der Waals surface area contributed by atoms with Gasteiger partial charge in [0.05, 0.1) is 0 Å². The molecule has 0 radical (unpaired) electrons. The van der Waals surface area contributed by atoms with E-state index in [-0.39, 0.29) is 0 Å². The molecule has 0 atom stereocenters. The Kier molecular flexibility index (Phi) is 6.61. The van der Waals surface area contributed by atoms with Gasteiger partial charge in [0.2, 0.25) is 0 Å². The molecule has 41 heavy (non-hydrogen) atoms. The number of anilines is 3. The van der Waals surface area contributed by atoms with Gasteiger partial charge in [0.15, 0.2) is 0 Å². The molecule has 0 spiro atoms. The summed E-state index contributed by atoms with van der Waals surface area (Å²) < 4.78 is 0. The predicted molar refractivity (Wildman–Crippen MR) is 175 cm³/mol. The molecule has 0 fully saturated rings. The third-order valence-electron chi connectivity index (χ3n) is 7.67. The second kappa shape index (κ2) is 11.0. The van der Waals surface area contributed by atoms with Crippen LogP contribution in [0, 0.1) is 0 Å². The van der Waals surface area contributed by atoms with Crippen molar-refractivity contribution in [3.05, 3.63) is 176 Å². The fraction of sp³-hybridized carbons (Fsp3) is 0. The first-order chi connectivity index (χ1) is 20.3. The SMILES string of the molecule is c1ccc(-c2ccc(-c3ccc(N(c4ccccc4)c4ccc(-c5ccc6ccccc6c5)cc4)cc3)cc2)cc1. The normalized spacial score (nSPS) is 10.9. The van der Waals surface area contributed by atoms with Gasteiger partial charge in [-0.05, 0) is 86.6 Å². The van der Waals surface area contributed by atoms with Crippen LogP contribution >= 0.6 is 0 Å². The Labute approximate surface area is 241 Å². The molecule has 0 saturated heterocycles.